The lowest BCUT2D eigenvalue weighted by Crippen LogP contribution is -2.25. The van der Waals surface area contributed by atoms with Crippen molar-refractivity contribution in [3.63, 3.8) is 0 Å². The van der Waals surface area contributed by atoms with E-state index in [1.807, 2.05) is 36.4 Å². The fourth-order valence-electron chi connectivity index (χ4n) is 2.12. The predicted molar refractivity (Wildman–Crippen MR) is 98.7 cm³/mol. The van der Waals surface area contributed by atoms with Gasteiger partial charge in [-0.1, -0.05) is 37.3 Å². The summed E-state index contributed by atoms with van der Waals surface area (Å²) in [5.74, 6) is 0.409. The van der Waals surface area contributed by atoms with Crippen LogP contribution in [0.25, 0.3) is 0 Å². The third kappa shape index (κ3) is 4.81. The zero-order valence-electron chi connectivity index (χ0n) is 11.8. The average Bonchev–Trinajstić information content (AvgIpc) is 2.50. The standard InChI is InChI=1S/C17H17BrINO/c1-12(13-5-3-2-4-6-13)9-10-20-17(21)15-11-14(19)7-8-16(15)18/h2-8,11-12H,9-10H2,1H3,(H,20,21). The molecule has 0 aromatic heterocycles. The summed E-state index contributed by atoms with van der Waals surface area (Å²) in [6, 6.07) is 16.1. The number of benzene rings is 2. The molecule has 0 aliphatic carbocycles. The van der Waals surface area contributed by atoms with Crippen LogP contribution in [0, 0.1) is 3.57 Å². The molecule has 2 aromatic rings. The zero-order chi connectivity index (χ0) is 15.2. The minimum atomic E-state index is -0.0272. The van der Waals surface area contributed by atoms with E-state index in [-0.39, 0.29) is 5.91 Å². The van der Waals surface area contributed by atoms with Gasteiger partial charge in [0.2, 0.25) is 0 Å². The van der Waals surface area contributed by atoms with Gasteiger partial charge in [0.05, 0.1) is 5.56 Å². The Bertz CT molecular complexity index is 615. The molecule has 4 heteroatoms. The second-order valence-electron chi connectivity index (χ2n) is 4.98. The molecular weight excluding hydrogens is 441 g/mol. The number of rotatable bonds is 5. The van der Waals surface area contributed by atoms with E-state index in [2.05, 4.69) is 62.9 Å². The van der Waals surface area contributed by atoms with Crippen LogP contribution in [0.15, 0.2) is 53.0 Å². The monoisotopic (exact) mass is 457 g/mol. The Kier molecular flexibility index (Phi) is 6.23. The molecule has 0 aliphatic rings. The van der Waals surface area contributed by atoms with Crippen molar-refractivity contribution in [1.29, 1.82) is 0 Å². The van der Waals surface area contributed by atoms with E-state index in [0.29, 0.717) is 18.0 Å². The molecule has 0 saturated heterocycles. The van der Waals surface area contributed by atoms with Crippen LogP contribution in [-0.4, -0.2) is 12.5 Å². The highest BCUT2D eigenvalue weighted by Crippen LogP contribution is 2.20. The molecule has 21 heavy (non-hydrogen) atoms. The number of hydrogen-bond acceptors (Lipinski definition) is 1. The third-order valence-electron chi connectivity index (χ3n) is 3.40. The summed E-state index contributed by atoms with van der Waals surface area (Å²) >= 11 is 5.64. The maximum Gasteiger partial charge on any atom is 0.252 e. The van der Waals surface area contributed by atoms with Crippen molar-refractivity contribution in [3.05, 3.63) is 67.7 Å². The van der Waals surface area contributed by atoms with Crippen molar-refractivity contribution in [2.45, 2.75) is 19.3 Å². The van der Waals surface area contributed by atoms with Crippen LogP contribution < -0.4 is 5.32 Å². The van der Waals surface area contributed by atoms with Crippen LogP contribution in [-0.2, 0) is 0 Å². The molecular formula is C17H17BrINO. The van der Waals surface area contributed by atoms with E-state index >= 15 is 0 Å². The molecule has 1 atom stereocenters. The lowest BCUT2D eigenvalue weighted by Gasteiger charge is -2.13. The van der Waals surface area contributed by atoms with Crippen LogP contribution in [0.2, 0.25) is 0 Å². The first kappa shape index (κ1) is 16.5. The molecule has 110 valence electrons. The number of nitrogens with one attached hydrogen (secondary N) is 1. The SMILES string of the molecule is CC(CCNC(=O)c1cc(I)ccc1Br)c1ccccc1. The summed E-state index contributed by atoms with van der Waals surface area (Å²) in [5.41, 5.74) is 2.00. The highest BCUT2D eigenvalue weighted by molar-refractivity contribution is 14.1. The Balaban J connectivity index is 1.88. The Labute approximate surface area is 147 Å². The highest BCUT2D eigenvalue weighted by atomic mass is 127. The largest absolute Gasteiger partial charge is 0.352 e. The fraction of sp³-hybridized carbons (Fsp3) is 0.235. The maximum atomic E-state index is 12.2. The van der Waals surface area contributed by atoms with Gasteiger partial charge in [-0.2, -0.15) is 0 Å². The summed E-state index contributed by atoms with van der Waals surface area (Å²) in [7, 11) is 0. The van der Waals surface area contributed by atoms with Crippen molar-refractivity contribution in [2.24, 2.45) is 0 Å². The van der Waals surface area contributed by atoms with E-state index in [1.54, 1.807) is 0 Å². The minimum Gasteiger partial charge on any atom is -0.352 e. The zero-order valence-corrected chi connectivity index (χ0v) is 15.5. The van der Waals surface area contributed by atoms with Crippen molar-refractivity contribution in [1.82, 2.24) is 5.32 Å². The second-order valence-corrected chi connectivity index (χ2v) is 7.08. The van der Waals surface area contributed by atoms with E-state index < -0.39 is 0 Å². The van der Waals surface area contributed by atoms with E-state index in [9.17, 15) is 4.79 Å². The van der Waals surface area contributed by atoms with Gasteiger partial charge in [0.25, 0.3) is 5.91 Å². The first-order valence-corrected chi connectivity index (χ1v) is 8.73. The molecule has 0 heterocycles. The van der Waals surface area contributed by atoms with Crippen molar-refractivity contribution >= 4 is 44.4 Å². The third-order valence-corrected chi connectivity index (χ3v) is 4.77. The van der Waals surface area contributed by atoms with Crippen LogP contribution in [0.3, 0.4) is 0 Å². The second kappa shape index (κ2) is 7.94. The molecule has 1 amide bonds. The van der Waals surface area contributed by atoms with Crippen molar-refractivity contribution in [2.75, 3.05) is 6.54 Å². The van der Waals surface area contributed by atoms with Crippen molar-refractivity contribution in [3.8, 4) is 0 Å². The number of amides is 1. The van der Waals surface area contributed by atoms with Gasteiger partial charge in [0.1, 0.15) is 0 Å². The van der Waals surface area contributed by atoms with Crippen LogP contribution >= 0.6 is 38.5 Å². The minimum absolute atomic E-state index is 0.0272. The van der Waals surface area contributed by atoms with Gasteiger partial charge in [0.15, 0.2) is 0 Å². The van der Waals surface area contributed by atoms with E-state index in [0.717, 1.165) is 14.5 Å². The predicted octanol–water partition coefficient (Wildman–Crippen LogP) is 4.98. The smallest absolute Gasteiger partial charge is 0.252 e. The Morgan fingerprint density at radius 1 is 1.24 bits per heavy atom. The maximum absolute atomic E-state index is 12.2. The van der Waals surface area contributed by atoms with Crippen LogP contribution in [0.4, 0.5) is 0 Å². The summed E-state index contributed by atoms with van der Waals surface area (Å²) in [6.07, 6.45) is 0.928. The summed E-state index contributed by atoms with van der Waals surface area (Å²) in [6.45, 7) is 2.86. The molecule has 0 aliphatic heterocycles. The molecule has 0 fully saturated rings. The lowest BCUT2D eigenvalue weighted by molar-refractivity contribution is 0.0952. The van der Waals surface area contributed by atoms with Gasteiger partial charge < -0.3 is 5.32 Å². The Morgan fingerprint density at radius 3 is 2.67 bits per heavy atom. The molecule has 0 saturated carbocycles. The molecule has 2 aromatic carbocycles. The summed E-state index contributed by atoms with van der Waals surface area (Å²) in [5, 5.41) is 3.00. The highest BCUT2D eigenvalue weighted by Gasteiger charge is 2.11. The van der Waals surface area contributed by atoms with Crippen LogP contribution in [0.5, 0.6) is 0 Å². The molecule has 0 spiro atoms. The van der Waals surface area contributed by atoms with E-state index in [1.165, 1.54) is 5.56 Å². The normalized spacial score (nSPS) is 12.0. The van der Waals surface area contributed by atoms with Crippen molar-refractivity contribution < 1.29 is 4.79 Å². The molecule has 2 rings (SSSR count). The first-order chi connectivity index (χ1) is 10.1. The number of hydrogen-bond donors (Lipinski definition) is 1. The molecule has 0 radical (unpaired) electrons. The molecule has 0 bridgehead atoms. The summed E-state index contributed by atoms with van der Waals surface area (Å²) in [4.78, 5) is 12.2. The van der Waals surface area contributed by atoms with Gasteiger partial charge >= 0.3 is 0 Å². The topological polar surface area (TPSA) is 29.1 Å². The Hall–Kier alpha value is -0.880. The molecule has 1 N–H and O–H groups in total. The average molecular weight is 458 g/mol. The van der Waals surface area contributed by atoms with Crippen LogP contribution in [0.1, 0.15) is 35.2 Å². The van der Waals surface area contributed by atoms with Gasteiger partial charge in [-0.3, -0.25) is 4.79 Å². The molecule has 1 unspecified atom stereocenters. The van der Waals surface area contributed by atoms with Gasteiger partial charge in [-0.25, -0.2) is 0 Å². The fourth-order valence-corrected chi connectivity index (χ4v) is 3.04. The van der Waals surface area contributed by atoms with Gasteiger partial charge in [-0.05, 0) is 74.6 Å². The molecule has 2 nitrogen and oxygen atoms in total. The Morgan fingerprint density at radius 2 is 1.95 bits per heavy atom. The number of halogens is 2. The van der Waals surface area contributed by atoms with Gasteiger partial charge in [-0.15, -0.1) is 0 Å². The number of carbonyl (C=O) groups excluding carboxylic acids is 1. The summed E-state index contributed by atoms with van der Waals surface area (Å²) < 4.78 is 1.88. The quantitative estimate of drug-likeness (QED) is 0.630. The number of carbonyl (C=O) groups is 1. The lowest BCUT2D eigenvalue weighted by atomic mass is 9.98. The van der Waals surface area contributed by atoms with Gasteiger partial charge in [0, 0.05) is 14.6 Å². The first-order valence-electron chi connectivity index (χ1n) is 6.86. The van der Waals surface area contributed by atoms with E-state index in [4.69, 9.17) is 0 Å².